The van der Waals surface area contributed by atoms with Crippen molar-refractivity contribution in [2.45, 2.75) is 25.3 Å². The Morgan fingerprint density at radius 1 is 1.00 bits per heavy atom. The first-order valence-electron chi connectivity index (χ1n) is 10.9. The number of halogens is 2. The van der Waals surface area contributed by atoms with Crippen LogP contribution in [0.3, 0.4) is 0 Å². The van der Waals surface area contributed by atoms with Crippen molar-refractivity contribution in [1.82, 2.24) is 5.32 Å². The molecule has 180 valence electrons. The summed E-state index contributed by atoms with van der Waals surface area (Å²) in [6, 6.07) is 18.6. The number of carbonyl (C=O) groups excluding carboxylic acids is 2. The van der Waals surface area contributed by atoms with Gasteiger partial charge in [0.05, 0.1) is 11.3 Å². The number of nitrogens with one attached hydrogen (secondary N) is 2. The standard InChI is InChI=1S/C26H22Br2N2O5/c1-14(10-23(31)30-24-20(25(32)33)11-15(27)12-22(24)28)29-26(34)35-13-21-18-8-4-2-6-16(18)17-7-3-5-9-19(17)21/h2-9,11-12,14,21H,10,13H2,1H3,(H,29,34)(H,30,31)(H,32,33). The number of hydrogen-bond acceptors (Lipinski definition) is 4. The first kappa shape index (κ1) is 24.9. The second kappa shape index (κ2) is 10.6. The molecule has 1 atom stereocenters. The minimum Gasteiger partial charge on any atom is -0.478 e. The van der Waals surface area contributed by atoms with Crippen LogP contribution in [0.1, 0.15) is 40.7 Å². The van der Waals surface area contributed by atoms with Crippen LogP contribution in [0.5, 0.6) is 0 Å². The highest BCUT2D eigenvalue weighted by Gasteiger charge is 2.29. The van der Waals surface area contributed by atoms with E-state index in [1.165, 1.54) is 6.07 Å². The zero-order chi connectivity index (χ0) is 25.1. The van der Waals surface area contributed by atoms with Gasteiger partial charge in [0, 0.05) is 27.3 Å². The summed E-state index contributed by atoms with van der Waals surface area (Å²) in [5.41, 5.74) is 4.60. The monoisotopic (exact) mass is 600 g/mol. The summed E-state index contributed by atoms with van der Waals surface area (Å²) in [5, 5.41) is 14.7. The zero-order valence-electron chi connectivity index (χ0n) is 18.7. The Bertz CT molecular complexity index is 1270. The molecule has 0 aromatic heterocycles. The molecule has 1 aliphatic carbocycles. The van der Waals surface area contributed by atoms with Crippen LogP contribution in [0, 0.1) is 0 Å². The molecule has 2 amide bonds. The van der Waals surface area contributed by atoms with Gasteiger partial charge in [0.2, 0.25) is 5.91 Å². The molecule has 0 aliphatic heterocycles. The van der Waals surface area contributed by atoms with Gasteiger partial charge < -0.3 is 20.5 Å². The van der Waals surface area contributed by atoms with Crippen molar-refractivity contribution in [2.24, 2.45) is 0 Å². The van der Waals surface area contributed by atoms with E-state index < -0.39 is 24.0 Å². The average Bonchev–Trinajstić information content (AvgIpc) is 3.12. The Labute approximate surface area is 219 Å². The van der Waals surface area contributed by atoms with Gasteiger partial charge in [-0.1, -0.05) is 64.5 Å². The molecule has 7 nitrogen and oxygen atoms in total. The third-order valence-electron chi connectivity index (χ3n) is 5.75. The molecule has 0 fully saturated rings. The van der Waals surface area contributed by atoms with Gasteiger partial charge in [0.1, 0.15) is 6.61 Å². The van der Waals surface area contributed by atoms with Gasteiger partial charge in [0.25, 0.3) is 0 Å². The number of aromatic carboxylic acids is 1. The van der Waals surface area contributed by atoms with E-state index >= 15 is 0 Å². The minimum atomic E-state index is -1.17. The quantitative estimate of drug-likeness (QED) is 0.301. The van der Waals surface area contributed by atoms with E-state index in [2.05, 4.69) is 54.6 Å². The van der Waals surface area contributed by atoms with Gasteiger partial charge in [-0.05, 0) is 57.2 Å². The van der Waals surface area contributed by atoms with Crippen molar-refractivity contribution in [2.75, 3.05) is 11.9 Å². The molecular weight excluding hydrogens is 580 g/mol. The normalized spacial score (nSPS) is 12.9. The minimum absolute atomic E-state index is 0.0586. The summed E-state index contributed by atoms with van der Waals surface area (Å²) >= 11 is 6.52. The van der Waals surface area contributed by atoms with Crippen LogP contribution in [0.2, 0.25) is 0 Å². The van der Waals surface area contributed by atoms with Gasteiger partial charge in [-0.2, -0.15) is 0 Å². The molecule has 0 bridgehead atoms. The second-order valence-electron chi connectivity index (χ2n) is 8.24. The lowest BCUT2D eigenvalue weighted by molar-refractivity contribution is -0.116. The second-order valence-corrected chi connectivity index (χ2v) is 10.0. The summed E-state index contributed by atoms with van der Waals surface area (Å²) in [6.45, 7) is 1.85. The predicted octanol–water partition coefficient (Wildman–Crippen LogP) is 6.17. The Kier molecular flexibility index (Phi) is 7.57. The number of benzene rings is 3. The van der Waals surface area contributed by atoms with Crippen molar-refractivity contribution in [3.63, 3.8) is 0 Å². The summed E-state index contributed by atoms with van der Waals surface area (Å²) < 4.78 is 6.51. The van der Waals surface area contributed by atoms with Crippen LogP contribution in [0.4, 0.5) is 10.5 Å². The van der Waals surface area contributed by atoms with Crippen LogP contribution in [0.15, 0.2) is 69.6 Å². The van der Waals surface area contributed by atoms with Crippen LogP contribution in [-0.2, 0) is 9.53 Å². The van der Waals surface area contributed by atoms with Gasteiger partial charge in [0.15, 0.2) is 0 Å². The number of fused-ring (bicyclic) bond motifs is 3. The number of hydrogen-bond donors (Lipinski definition) is 3. The third-order valence-corrected chi connectivity index (χ3v) is 6.83. The van der Waals surface area contributed by atoms with Gasteiger partial charge >= 0.3 is 12.1 Å². The first-order valence-corrected chi connectivity index (χ1v) is 12.5. The van der Waals surface area contributed by atoms with E-state index in [1.54, 1.807) is 13.0 Å². The topological polar surface area (TPSA) is 105 Å². The maximum absolute atomic E-state index is 12.5. The highest BCUT2D eigenvalue weighted by Crippen LogP contribution is 2.44. The number of rotatable bonds is 7. The van der Waals surface area contributed by atoms with E-state index in [-0.39, 0.29) is 30.2 Å². The molecule has 1 unspecified atom stereocenters. The van der Waals surface area contributed by atoms with Gasteiger partial charge in [-0.15, -0.1) is 0 Å². The molecule has 3 aromatic rings. The van der Waals surface area contributed by atoms with Crippen LogP contribution in [0.25, 0.3) is 11.1 Å². The molecule has 1 aliphatic rings. The van der Waals surface area contributed by atoms with Crippen molar-refractivity contribution in [3.05, 3.63) is 86.3 Å². The van der Waals surface area contributed by atoms with Gasteiger partial charge in [-0.3, -0.25) is 4.79 Å². The van der Waals surface area contributed by atoms with Crippen LogP contribution in [-0.4, -0.2) is 35.7 Å². The van der Waals surface area contributed by atoms with Crippen LogP contribution < -0.4 is 10.6 Å². The Hall–Kier alpha value is -3.17. The summed E-state index contributed by atoms with van der Waals surface area (Å²) in [4.78, 5) is 36.5. The molecule has 0 saturated carbocycles. The number of carbonyl (C=O) groups is 3. The van der Waals surface area contributed by atoms with Crippen molar-refractivity contribution >= 4 is 55.5 Å². The molecule has 0 spiro atoms. The predicted molar refractivity (Wildman–Crippen MR) is 140 cm³/mol. The maximum Gasteiger partial charge on any atom is 0.407 e. The first-order chi connectivity index (χ1) is 16.7. The van der Waals surface area contributed by atoms with E-state index in [0.29, 0.717) is 8.95 Å². The molecular formula is C26H22Br2N2O5. The molecule has 4 rings (SSSR count). The number of amides is 2. The lowest BCUT2D eigenvalue weighted by atomic mass is 9.98. The largest absolute Gasteiger partial charge is 0.478 e. The lowest BCUT2D eigenvalue weighted by Gasteiger charge is -2.18. The fourth-order valence-electron chi connectivity index (χ4n) is 4.23. The Balaban J connectivity index is 1.34. The van der Waals surface area contributed by atoms with E-state index in [9.17, 15) is 19.5 Å². The summed E-state index contributed by atoms with van der Waals surface area (Å²) in [7, 11) is 0. The fraction of sp³-hybridized carbons (Fsp3) is 0.192. The molecule has 0 heterocycles. The third kappa shape index (κ3) is 5.57. The lowest BCUT2D eigenvalue weighted by Crippen LogP contribution is -2.36. The van der Waals surface area contributed by atoms with Crippen molar-refractivity contribution in [3.8, 4) is 11.1 Å². The highest BCUT2D eigenvalue weighted by atomic mass is 79.9. The summed E-state index contributed by atoms with van der Waals surface area (Å²) in [5.74, 6) is -1.68. The van der Waals surface area contributed by atoms with Crippen molar-refractivity contribution in [1.29, 1.82) is 0 Å². The van der Waals surface area contributed by atoms with E-state index in [1.807, 2.05) is 36.4 Å². The number of carboxylic acids is 1. The van der Waals surface area contributed by atoms with E-state index in [0.717, 1.165) is 22.3 Å². The Morgan fingerprint density at radius 3 is 2.20 bits per heavy atom. The molecule has 35 heavy (non-hydrogen) atoms. The number of ether oxygens (including phenoxy) is 1. The molecule has 9 heteroatoms. The highest BCUT2D eigenvalue weighted by molar-refractivity contribution is 9.11. The molecule has 3 N–H and O–H groups in total. The Morgan fingerprint density at radius 2 is 1.60 bits per heavy atom. The summed E-state index contributed by atoms with van der Waals surface area (Å²) in [6.07, 6.45) is -0.686. The number of anilines is 1. The van der Waals surface area contributed by atoms with Gasteiger partial charge in [-0.25, -0.2) is 9.59 Å². The molecule has 0 radical (unpaired) electrons. The maximum atomic E-state index is 12.5. The SMILES string of the molecule is CC(CC(=O)Nc1c(Br)cc(Br)cc1C(=O)O)NC(=O)OCC1c2ccccc2-c2ccccc21. The smallest absolute Gasteiger partial charge is 0.407 e. The van der Waals surface area contributed by atoms with Crippen LogP contribution >= 0.6 is 31.9 Å². The number of carboxylic acid groups (broad SMARTS) is 1. The molecule has 0 saturated heterocycles. The molecule has 3 aromatic carbocycles. The average molecular weight is 602 g/mol. The zero-order valence-corrected chi connectivity index (χ0v) is 21.9. The fourth-order valence-corrected chi connectivity index (χ4v) is 5.55. The van der Waals surface area contributed by atoms with E-state index in [4.69, 9.17) is 4.74 Å². The number of alkyl carbamates (subject to hydrolysis) is 1. The van der Waals surface area contributed by atoms with Crippen molar-refractivity contribution < 1.29 is 24.2 Å².